The van der Waals surface area contributed by atoms with Crippen LogP contribution in [-0.2, 0) is 4.79 Å². The summed E-state index contributed by atoms with van der Waals surface area (Å²) < 4.78 is 5.07. The van der Waals surface area contributed by atoms with Gasteiger partial charge in [-0.15, -0.1) is 0 Å². The van der Waals surface area contributed by atoms with Crippen molar-refractivity contribution in [2.45, 2.75) is 20.3 Å². The molecular weight excluding hydrogens is 184 g/mol. The smallest absolute Gasteiger partial charge is 0.314 e. The van der Waals surface area contributed by atoms with Gasteiger partial charge in [-0.3, -0.25) is 9.59 Å². The lowest BCUT2D eigenvalue weighted by Gasteiger charge is -2.05. The molecule has 0 bridgehead atoms. The molecular formula is C10H12O4. The summed E-state index contributed by atoms with van der Waals surface area (Å²) in [5, 5.41) is 8.75. The van der Waals surface area contributed by atoms with E-state index < -0.39 is 17.7 Å². The lowest BCUT2D eigenvalue weighted by Crippen LogP contribution is -2.22. The molecule has 1 N–H and O–H groups in total. The van der Waals surface area contributed by atoms with Gasteiger partial charge >= 0.3 is 5.97 Å². The number of carbonyl (C=O) groups is 2. The number of hydrogen-bond acceptors (Lipinski definition) is 3. The third-order valence-electron chi connectivity index (χ3n) is 2.01. The van der Waals surface area contributed by atoms with Crippen LogP contribution in [0.15, 0.2) is 16.5 Å². The zero-order valence-corrected chi connectivity index (χ0v) is 8.11. The fraction of sp³-hybridized carbons (Fsp3) is 0.400. The van der Waals surface area contributed by atoms with Gasteiger partial charge < -0.3 is 9.52 Å². The van der Waals surface area contributed by atoms with Crippen molar-refractivity contribution in [1.82, 2.24) is 0 Å². The molecule has 1 aromatic rings. The molecule has 0 saturated carbocycles. The van der Waals surface area contributed by atoms with Crippen molar-refractivity contribution in [3.8, 4) is 0 Å². The van der Waals surface area contributed by atoms with E-state index in [0.717, 1.165) is 0 Å². The average molecular weight is 196 g/mol. The zero-order chi connectivity index (χ0) is 10.7. The van der Waals surface area contributed by atoms with E-state index in [1.54, 1.807) is 19.9 Å². The van der Waals surface area contributed by atoms with Crippen LogP contribution in [0.3, 0.4) is 0 Å². The highest BCUT2D eigenvalue weighted by Crippen LogP contribution is 2.15. The molecule has 0 saturated heterocycles. The van der Waals surface area contributed by atoms with Gasteiger partial charge in [0.25, 0.3) is 0 Å². The molecule has 4 nitrogen and oxygen atoms in total. The van der Waals surface area contributed by atoms with Crippen LogP contribution in [0.5, 0.6) is 0 Å². The molecule has 1 heterocycles. The maximum atomic E-state index is 11.6. The Balaban J connectivity index is 2.88. The number of aryl methyl sites for hydroxylation is 1. The topological polar surface area (TPSA) is 67.5 Å². The van der Waals surface area contributed by atoms with Crippen molar-refractivity contribution >= 4 is 11.8 Å². The summed E-state index contributed by atoms with van der Waals surface area (Å²) in [6.45, 7) is 3.37. The number of furan rings is 1. The van der Waals surface area contributed by atoms with Crippen LogP contribution in [0.2, 0.25) is 0 Å². The summed E-state index contributed by atoms with van der Waals surface area (Å²) in [5.41, 5.74) is 0. The van der Waals surface area contributed by atoms with Gasteiger partial charge in [-0.05, 0) is 25.5 Å². The number of carbonyl (C=O) groups excluding carboxylic acids is 1. The molecule has 0 amide bonds. The second-order valence-electron chi connectivity index (χ2n) is 3.07. The van der Waals surface area contributed by atoms with Crippen molar-refractivity contribution in [2.75, 3.05) is 0 Å². The lowest BCUT2D eigenvalue weighted by atomic mass is 10.00. The normalized spacial score (nSPS) is 12.4. The Bertz CT molecular complexity index is 351. The van der Waals surface area contributed by atoms with E-state index in [9.17, 15) is 9.59 Å². The standard InChI is InChI=1S/C10H12O4/c1-3-7(10(12)13)9(11)8-5-4-6(2)14-8/h4-5,7H,3H2,1-2H3,(H,12,13). The third kappa shape index (κ3) is 2.02. The van der Waals surface area contributed by atoms with Gasteiger partial charge in [0.15, 0.2) is 5.76 Å². The Morgan fingerprint density at radius 3 is 2.50 bits per heavy atom. The van der Waals surface area contributed by atoms with Crippen molar-refractivity contribution in [2.24, 2.45) is 5.92 Å². The Hall–Kier alpha value is -1.58. The van der Waals surface area contributed by atoms with Gasteiger partial charge in [0.05, 0.1) is 0 Å². The van der Waals surface area contributed by atoms with Crippen LogP contribution in [0, 0.1) is 12.8 Å². The highest BCUT2D eigenvalue weighted by atomic mass is 16.4. The van der Waals surface area contributed by atoms with E-state index in [-0.39, 0.29) is 12.2 Å². The van der Waals surface area contributed by atoms with Gasteiger partial charge in [-0.25, -0.2) is 0 Å². The van der Waals surface area contributed by atoms with Crippen LogP contribution < -0.4 is 0 Å². The average Bonchev–Trinajstić information content (AvgIpc) is 2.52. The third-order valence-corrected chi connectivity index (χ3v) is 2.01. The van der Waals surface area contributed by atoms with E-state index in [2.05, 4.69) is 0 Å². The van der Waals surface area contributed by atoms with E-state index in [1.807, 2.05) is 0 Å². The molecule has 1 unspecified atom stereocenters. The molecule has 0 aliphatic heterocycles. The molecule has 0 aliphatic rings. The maximum absolute atomic E-state index is 11.6. The molecule has 0 aliphatic carbocycles. The first-order valence-electron chi connectivity index (χ1n) is 4.39. The van der Waals surface area contributed by atoms with Crippen molar-refractivity contribution in [3.05, 3.63) is 23.7 Å². The molecule has 76 valence electrons. The summed E-state index contributed by atoms with van der Waals surface area (Å²) in [6, 6.07) is 3.14. The van der Waals surface area contributed by atoms with Gasteiger partial charge in [0, 0.05) is 0 Å². The molecule has 0 aromatic carbocycles. The summed E-state index contributed by atoms with van der Waals surface area (Å²) in [7, 11) is 0. The molecule has 0 fully saturated rings. The van der Waals surface area contributed by atoms with Gasteiger partial charge in [-0.2, -0.15) is 0 Å². The SMILES string of the molecule is CCC(C(=O)O)C(=O)c1ccc(C)o1. The predicted molar refractivity (Wildman–Crippen MR) is 49.2 cm³/mol. The quantitative estimate of drug-likeness (QED) is 0.589. The summed E-state index contributed by atoms with van der Waals surface area (Å²) in [4.78, 5) is 22.2. The molecule has 0 radical (unpaired) electrons. The van der Waals surface area contributed by atoms with Crippen molar-refractivity contribution in [3.63, 3.8) is 0 Å². The fourth-order valence-corrected chi connectivity index (χ4v) is 1.21. The summed E-state index contributed by atoms with van der Waals surface area (Å²) >= 11 is 0. The predicted octanol–water partition coefficient (Wildman–Crippen LogP) is 1.88. The van der Waals surface area contributed by atoms with E-state index in [0.29, 0.717) is 5.76 Å². The Kier molecular flexibility index (Phi) is 3.06. The second-order valence-corrected chi connectivity index (χ2v) is 3.07. The maximum Gasteiger partial charge on any atom is 0.314 e. The van der Waals surface area contributed by atoms with Crippen LogP contribution in [0.4, 0.5) is 0 Å². The van der Waals surface area contributed by atoms with E-state index in [1.165, 1.54) is 6.07 Å². The minimum Gasteiger partial charge on any atom is -0.481 e. The molecule has 1 atom stereocenters. The van der Waals surface area contributed by atoms with Crippen LogP contribution >= 0.6 is 0 Å². The largest absolute Gasteiger partial charge is 0.481 e. The number of aliphatic carboxylic acids is 1. The minimum absolute atomic E-state index is 0.122. The van der Waals surface area contributed by atoms with Crippen LogP contribution in [-0.4, -0.2) is 16.9 Å². The molecule has 14 heavy (non-hydrogen) atoms. The van der Waals surface area contributed by atoms with E-state index >= 15 is 0 Å². The first kappa shape index (κ1) is 10.5. The minimum atomic E-state index is -1.11. The first-order chi connectivity index (χ1) is 6.56. The number of carboxylic acids is 1. The molecule has 1 rings (SSSR count). The number of rotatable bonds is 4. The fourth-order valence-electron chi connectivity index (χ4n) is 1.21. The van der Waals surface area contributed by atoms with Gasteiger partial charge in [0.1, 0.15) is 11.7 Å². The molecule has 0 spiro atoms. The monoisotopic (exact) mass is 196 g/mol. The van der Waals surface area contributed by atoms with Gasteiger partial charge in [-0.1, -0.05) is 6.92 Å². The first-order valence-corrected chi connectivity index (χ1v) is 4.39. The van der Waals surface area contributed by atoms with Crippen molar-refractivity contribution < 1.29 is 19.1 Å². The number of ketones is 1. The molecule has 4 heteroatoms. The van der Waals surface area contributed by atoms with Crippen LogP contribution in [0.25, 0.3) is 0 Å². The van der Waals surface area contributed by atoms with Crippen molar-refractivity contribution in [1.29, 1.82) is 0 Å². The molecule has 1 aromatic heterocycles. The Morgan fingerprint density at radius 1 is 1.50 bits per heavy atom. The zero-order valence-electron chi connectivity index (χ0n) is 8.11. The number of carboxylic acid groups (broad SMARTS) is 1. The van der Waals surface area contributed by atoms with E-state index in [4.69, 9.17) is 9.52 Å². The summed E-state index contributed by atoms with van der Waals surface area (Å²) in [5.74, 6) is -1.84. The highest BCUT2D eigenvalue weighted by molar-refractivity contribution is 6.06. The second kappa shape index (κ2) is 4.09. The number of hydrogen-bond donors (Lipinski definition) is 1. The number of Topliss-reactive ketones (excluding diaryl/α,β-unsaturated/α-hetero) is 1. The van der Waals surface area contributed by atoms with Crippen LogP contribution in [0.1, 0.15) is 29.7 Å². The van der Waals surface area contributed by atoms with Gasteiger partial charge in [0.2, 0.25) is 5.78 Å². The Labute approximate surface area is 81.5 Å². The Morgan fingerprint density at radius 2 is 2.14 bits per heavy atom. The lowest BCUT2D eigenvalue weighted by molar-refractivity contribution is -0.140. The highest BCUT2D eigenvalue weighted by Gasteiger charge is 2.27. The summed E-state index contributed by atoms with van der Waals surface area (Å²) in [6.07, 6.45) is 0.272.